The quantitative estimate of drug-likeness (QED) is 0.222. The van der Waals surface area contributed by atoms with Crippen molar-refractivity contribution in [3.63, 3.8) is 0 Å². The van der Waals surface area contributed by atoms with E-state index in [1.165, 1.54) is 32.6 Å². The van der Waals surface area contributed by atoms with Crippen molar-refractivity contribution in [2.75, 3.05) is 0 Å². The second-order valence-electron chi connectivity index (χ2n) is 8.52. The molecule has 8 rings (SSSR count). The minimum absolute atomic E-state index is 1.06. The van der Waals surface area contributed by atoms with Gasteiger partial charge in [0.15, 0.2) is 0 Å². The Morgan fingerprint density at radius 3 is 1.13 bits per heavy atom. The zero-order valence-electron chi connectivity index (χ0n) is 20.9. The number of para-hydroxylation sites is 4. The van der Waals surface area contributed by atoms with Crippen LogP contribution in [0.3, 0.4) is 0 Å². The van der Waals surface area contributed by atoms with Crippen LogP contribution in [-0.4, -0.2) is 19.9 Å². The summed E-state index contributed by atoms with van der Waals surface area (Å²) >= 11 is 0. The number of hydrogen-bond acceptors (Lipinski definition) is 2. The van der Waals surface area contributed by atoms with Crippen LogP contribution < -0.4 is 0 Å². The van der Waals surface area contributed by atoms with Gasteiger partial charge in [-0.25, -0.2) is 0 Å². The van der Waals surface area contributed by atoms with Crippen LogP contribution in [0.1, 0.15) is 0 Å². The predicted molar refractivity (Wildman–Crippen MR) is 160 cm³/mol. The number of nitrogens with zero attached hydrogens (tertiary/aromatic N) is 2. The van der Waals surface area contributed by atoms with Crippen molar-refractivity contribution in [3.05, 3.63) is 158 Å². The molecule has 0 unspecified atom stereocenters. The van der Waals surface area contributed by atoms with Crippen molar-refractivity contribution in [2.24, 2.45) is 0 Å². The summed E-state index contributed by atoms with van der Waals surface area (Å²) in [5.74, 6) is 0. The van der Waals surface area contributed by atoms with Crippen molar-refractivity contribution >= 4 is 43.6 Å². The highest BCUT2D eigenvalue weighted by Gasteiger charge is 1.89. The lowest BCUT2D eigenvalue weighted by Crippen LogP contribution is -1.73. The second-order valence-corrected chi connectivity index (χ2v) is 8.52. The Morgan fingerprint density at radius 2 is 0.711 bits per heavy atom. The van der Waals surface area contributed by atoms with Crippen LogP contribution in [0.15, 0.2) is 158 Å². The number of nitrogens with one attached hydrogen (secondary N) is 2. The number of hydrogen-bond donors (Lipinski definition) is 2. The fourth-order valence-electron chi connectivity index (χ4n) is 4.02. The largest absolute Gasteiger partial charge is 0.361 e. The number of benzene rings is 4. The van der Waals surface area contributed by atoms with Crippen LogP contribution in [-0.2, 0) is 0 Å². The number of aromatic nitrogens is 4. The highest BCUT2D eigenvalue weighted by atomic mass is 14.7. The van der Waals surface area contributed by atoms with Crippen LogP contribution in [0.4, 0.5) is 0 Å². The Morgan fingerprint density at radius 1 is 0.342 bits per heavy atom. The third-order valence-corrected chi connectivity index (χ3v) is 5.95. The molecule has 0 atom stereocenters. The van der Waals surface area contributed by atoms with Crippen LogP contribution in [0.5, 0.6) is 0 Å². The average molecular weight is 493 g/mol. The van der Waals surface area contributed by atoms with Gasteiger partial charge < -0.3 is 9.97 Å². The van der Waals surface area contributed by atoms with Crippen LogP contribution >= 0.6 is 0 Å². The number of aromatic amines is 2. The van der Waals surface area contributed by atoms with Crippen LogP contribution in [0.2, 0.25) is 0 Å². The number of H-pyrrole nitrogens is 2. The van der Waals surface area contributed by atoms with E-state index in [0.29, 0.717) is 0 Å². The van der Waals surface area contributed by atoms with Crippen molar-refractivity contribution < 1.29 is 0 Å². The molecule has 0 saturated heterocycles. The number of pyridine rings is 2. The third-order valence-electron chi connectivity index (χ3n) is 5.95. The fourth-order valence-corrected chi connectivity index (χ4v) is 4.02. The molecular formula is C34H28N4. The van der Waals surface area contributed by atoms with E-state index in [9.17, 15) is 0 Å². The molecular weight excluding hydrogens is 464 g/mol. The van der Waals surface area contributed by atoms with E-state index in [4.69, 9.17) is 0 Å². The molecule has 0 spiro atoms. The molecule has 0 aliphatic rings. The Labute approximate surface area is 221 Å². The normalized spacial score (nSPS) is 10.1. The van der Waals surface area contributed by atoms with Gasteiger partial charge in [-0.1, -0.05) is 84.9 Å². The SMILES string of the molecule is c1ccc2[nH]ccc2c1.c1ccc2[nH]ccc2c1.c1ccc2ncccc2c1.c1ccc2ncccc2c1. The van der Waals surface area contributed by atoms with Gasteiger partial charge in [-0.05, 0) is 59.3 Å². The van der Waals surface area contributed by atoms with Crippen molar-refractivity contribution in [2.45, 2.75) is 0 Å². The van der Waals surface area contributed by atoms with E-state index in [2.05, 4.69) is 80.6 Å². The third kappa shape index (κ3) is 6.50. The summed E-state index contributed by atoms with van der Waals surface area (Å²) in [4.78, 5) is 14.6. The summed E-state index contributed by atoms with van der Waals surface area (Å²) < 4.78 is 0. The molecule has 0 fully saturated rings. The smallest absolute Gasteiger partial charge is 0.0701 e. The first-order valence-corrected chi connectivity index (χ1v) is 12.5. The molecule has 4 heterocycles. The highest BCUT2D eigenvalue weighted by Crippen LogP contribution is 2.11. The van der Waals surface area contributed by atoms with Gasteiger partial charge in [0.2, 0.25) is 0 Å². The topological polar surface area (TPSA) is 57.4 Å². The van der Waals surface area contributed by atoms with Gasteiger partial charge in [0.05, 0.1) is 11.0 Å². The van der Waals surface area contributed by atoms with Gasteiger partial charge in [-0.15, -0.1) is 0 Å². The van der Waals surface area contributed by atoms with Crippen molar-refractivity contribution in [3.8, 4) is 0 Å². The average Bonchev–Trinajstić information content (AvgIpc) is 3.68. The Bertz CT molecular complexity index is 1520. The maximum Gasteiger partial charge on any atom is 0.0701 e. The summed E-state index contributed by atoms with van der Waals surface area (Å²) in [7, 11) is 0. The van der Waals surface area contributed by atoms with Crippen LogP contribution in [0, 0.1) is 0 Å². The Kier molecular flexibility index (Phi) is 8.15. The van der Waals surface area contributed by atoms with Gasteiger partial charge in [0.25, 0.3) is 0 Å². The monoisotopic (exact) mass is 492 g/mol. The number of fused-ring (bicyclic) bond motifs is 4. The predicted octanol–water partition coefficient (Wildman–Crippen LogP) is 8.81. The first-order chi connectivity index (χ1) is 18.9. The van der Waals surface area contributed by atoms with Gasteiger partial charge in [-0.2, -0.15) is 0 Å². The molecule has 4 heteroatoms. The molecule has 0 aliphatic carbocycles. The maximum absolute atomic E-state index is 4.18. The molecule has 4 aromatic heterocycles. The molecule has 0 amide bonds. The summed E-state index contributed by atoms with van der Waals surface area (Å²) in [6.45, 7) is 0. The zero-order chi connectivity index (χ0) is 25.8. The molecule has 0 saturated carbocycles. The van der Waals surface area contributed by atoms with E-state index in [0.717, 1.165) is 11.0 Å². The molecule has 184 valence electrons. The lowest BCUT2D eigenvalue weighted by atomic mass is 10.2. The summed E-state index contributed by atoms with van der Waals surface area (Å²) in [6.07, 6.45) is 7.51. The van der Waals surface area contributed by atoms with Crippen molar-refractivity contribution in [1.29, 1.82) is 0 Å². The molecule has 8 aromatic rings. The van der Waals surface area contributed by atoms with E-state index in [1.54, 1.807) is 0 Å². The molecule has 4 aromatic carbocycles. The number of rotatable bonds is 0. The van der Waals surface area contributed by atoms with E-state index < -0.39 is 0 Å². The molecule has 0 radical (unpaired) electrons. The lowest BCUT2D eigenvalue weighted by Gasteiger charge is -1.91. The molecule has 0 aliphatic heterocycles. The summed E-state index contributed by atoms with van der Waals surface area (Å²) in [6, 6.07) is 44.7. The van der Waals surface area contributed by atoms with Crippen molar-refractivity contribution in [1.82, 2.24) is 19.9 Å². The van der Waals surface area contributed by atoms with Crippen LogP contribution in [0.25, 0.3) is 43.6 Å². The van der Waals surface area contributed by atoms with Gasteiger partial charge >= 0.3 is 0 Å². The molecule has 38 heavy (non-hydrogen) atoms. The van der Waals surface area contributed by atoms with E-state index in [-0.39, 0.29) is 0 Å². The van der Waals surface area contributed by atoms with Gasteiger partial charge in [0, 0.05) is 46.6 Å². The Hall–Kier alpha value is -5.22. The minimum Gasteiger partial charge on any atom is -0.361 e. The standard InChI is InChI=1S/2C9H7N.2C8H7N/c2*1-2-6-9-8(4-1)5-3-7-10-9;2*1-2-4-8-7(3-1)5-6-9-8/h2*1-7H;2*1-6,9H. The maximum atomic E-state index is 4.18. The van der Waals surface area contributed by atoms with Gasteiger partial charge in [-0.3, -0.25) is 9.97 Å². The molecule has 0 bridgehead atoms. The zero-order valence-corrected chi connectivity index (χ0v) is 20.9. The molecule has 2 N–H and O–H groups in total. The second kappa shape index (κ2) is 12.7. The fraction of sp³-hybridized carbons (Fsp3) is 0. The highest BCUT2D eigenvalue weighted by molar-refractivity contribution is 5.80. The first-order valence-electron chi connectivity index (χ1n) is 12.5. The first kappa shape index (κ1) is 24.5. The van der Waals surface area contributed by atoms with E-state index >= 15 is 0 Å². The lowest BCUT2D eigenvalue weighted by molar-refractivity contribution is 1.41. The summed E-state index contributed by atoms with van der Waals surface area (Å²) in [5, 5.41) is 4.95. The molecule has 4 nitrogen and oxygen atoms in total. The van der Waals surface area contributed by atoms with E-state index in [1.807, 2.05) is 97.6 Å². The summed E-state index contributed by atoms with van der Waals surface area (Å²) in [5.41, 5.74) is 4.53. The minimum atomic E-state index is 1.06. The Balaban J connectivity index is 0.000000103. The van der Waals surface area contributed by atoms with Gasteiger partial charge in [0.1, 0.15) is 0 Å².